The van der Waals surface area contributed by atoms with Crippen molar-refractivity contribution >= 4 is 28.6 Å². The third kappa shape index (κ3) is 1.75. The fraction of sp³-hybridized carbons (Fsp3) is 0.312. The first kappa shape index (κ1) is 12.0. The zero-order valence-corrected chi connectivity index (χ0v) is 12.0. The first-order valence-corrected chi connectivity index (χ1v) is 7.95. The van der Waals surface area contributed by atoms with Gasteiger partial charge in [0.15, 0.2) is 0 Å². The summed E-state index contributed by atoms with van der Waals surface area (Å²) in [5.74, 6) is 0.138. The van der Waals surface area contributed by atoms with E-state index < -0.39 is 0 Å². The van der Waals surface area contributed by atoms with Gasteiger partial charge in [0.05, 0.1) is 16.3 Å². The monoisotopic (exact) mass is 284 g/mol. The van der Waals surface area contributed by atoms with Crippen LogP contribution in [0.4, 0.5) is 11.4 Å². The molecule has 1 aromatic heterocycles. The molecule has 0 aliphatic carbocycles. The van der Waals surface area contributed by atoms with Crippen molar-refractivity contribution in [1.29, 1.82) is 0 Å². The van der Waals surface area contributed by atoms with Gasteiger partial charge in [-0.1, -0.05) is 18.2 Å². The molecule has 2 aliphatic rings. The zero-order chi connectivity index (χ0) is 13.5. The number of carbonyl (C=O) groups is 1. The van der Waals surface area contributed by atoms with E-state index in [0.717, 1.165) is 36.6 Å². The number of carbonyl (C=O) groups excluding carboxylic acids is 1. The molecule has 0 radical (unpaired) electrons. The minimum absolute atomic E-state index is 0.138. The number of thiophene rings is 1. The van der Waals surface area contributed by atoms with Crippen molar-refractivity contribution < 1.29 is 4.79 Å². The lowest BCUT2D eigenvalue weighted by Crippen LogP contribution is -2.46. The topological polar surface area (TPSA) is 23.6 Å². The molecule has 0 spiro atoms. The molecular weight excluding hydrogens is 268 g/mol. The summed E-state index contributed by atoms with van der Waals surface area (Å²) in [6, 6.07) is 10.2. The van der Waals surface area contributed by atoms with Gasteiger partial charge < -0.3 is 9.80 Å². The van der Waals surface area contributed by atoms with E-state index >= 15 is 0 Å². The van der Waals surface area contributed by atoms with Crippen molar-refractivity contribution in [3.8, 4) is 0 Å². The van der Waals surface area contributed by atoms with Crippen molar-refractivity contribution in [3.63, 3.8) is 0 Å². The Morgan fingerprint density at radius 1 is 1.10 bits per heavy atom. The summed E-state index contributed by atoms with van der Waals surface area (Å²) in [5, 5.41) is 1.96. The van der Waals surface area contributed by atoms with Crippen molar-refractivity contribution in [3.05, 3.63) is 46.2 Å². The van der Waals surface area contributed by atoms with E-state index in [4.69, 9.17) is 0 Å². The predicted octanol–water partition coefficient (Wildman–Crippen LogP) is 3.16. The Kier molecular flexibility index (Phi) is 2.77. The summed E-state index contributed by atoms with van der Waals surface area (Å²) in [6.45, 7) is 2.85. The number of nitrogens with zero attached hydrogens (tertiary/aromatic N) is 2. The number of hydrogen-bond donors (Lipinski definition) is 0. The van der Waals surface area contributed by atoms with Gasteiger partial charge in [0.25, 0.3) is 5.91 Å². The molecule has 0 unspecified atom stereocenters. The van der Waals surface area contributed by atoms with E-state index in [9.17, 15) is 4.79 Å². The van der Waals surface area contributed by atoms with Crippen LogP contribution in [0.5, 0.6) is 0 Å². The molecule has 0 fully saturated rings. The molecule has 102 valence electrons. The molecule has 4 rings (SSSR count). The van der Waals surface area contributed by atoms with Crippen LogP contribution in [0.15, 0.2) is 35.7 Å². The van der Waals surface area contributed by atoms with Crippen molar-refractivity contribution in [1.82, 2.24) is 0 Å². The lowest BCUT2D eigenvalue weighted by atomic mass is 9.98. The highest BCUT2D eigenvalue weighted by molar-refractivity contribution is 7.12. The number of hydrogen-bond acceptors (Lipinski definition) is 3. The SMILES string of the molecule is O=C(c1cccs1)N1CCN2CCCc3cccc1c32. The Labute approximate surface area is 122 Å². The molecule has 2 aromatic rings. The number of rotatable bonds is 1. The zero-order valence-electron chi connectivity index (χ0n) is 11.2. The van der Waals surface area contributed by atoms with Crippen molar-refractivity contribution in [2.45, 2.75) is 12.8 Å². The smallest absolute Gasteiger partial charge is 0.268 e. The third-order valence-corrected chi connectivity index (χ3v) is 5.01. The molecule has 4 heteroatoms. The van der Waals surface area contributed by atoms with Crippen LogP contribution >= 0.6 is 11.3 Å². The predicted molar refractivity (Wildman–Crippen MR) is 83.0 cm³/mol. The lowest BCUT2D eigenvalue weighted by molar-refractivity contribution is 0.0990. The van der Waals surface area contributed by atoms with Crippen LogP contribution in [0.1, 0.15) is 21.7 Å². The Morgan fingerprint density at radius 3 is 2.90 bits per heavy atom. The first-order chi connectivity index (χ1) is 9.84. The maximum Gasteiger partial charge on any atom is 0.268 e. The summed E-state index contributed by atoms with van der Waals surface area (Å²) >= 11 is 1.52. The fourth-order valence-electron chi connectivity index (χ4n) is 3.24. The second kappa shape index (κ2) is 4.63. The maximum absolute atomic E-state index is 12.7. The van der Waals surface area contributed by atoms with Gasteiger partial charge in [-0.05, 0) is 35.9 Å². The van der Waals surface area contributed by atoms with E-state index in [1.54, 1.807) is 0 Å². The molecule has 1 amide bonds. The summed E-state index contributed by atoms with van der Waals surface area (Å²) in [4.78, 5) is 17.9. The van der Waals surface area contributed by atoms with Gasteiger partial charge in [-0.25, -0.2) is 0 Å². The number of amides is 1. The van der Waals surface area contributed by atoms with E-state index in [-0.39, 0.29) is 5.91 Å². The van der Waals surface area contributed by atoms with Gasteiger partial charge in [-0.15, -0.1) is 11.3 Å². The van der Waals surface area contributed by atoms with Gasteiger partial charge in [0, 0.05) is 19.6 Å². The summed E-state index contributed by atoms with van der Waals surface area (Å²) in [6.07, 6.45) is 2.34. The normalized spacial score (nSPS) is 17.0. The Morgan fingerprint density at radius 2 is 2.05 bits per heavy atom. The molecule has 0 N–H and O–H groups in total. The Bertz CT molecular complexity index is 651. The maximum atomic E-state index is 12.7. The van der Waals surface area contributed by atoms with Crippen LogP contribution in [0.25, 0.3) is 0 Å². The van der Waals surface area contributed by atoms with Crippen LogP contribution in [0, 0.1) is 0 Å². The molecule has 20 heavy (non-hydrogen) atoms. The second-order valence-corrected chi connectivity index (χ2v) is 6.26. The molecule has 1 aromatic carbocycles. The summed E-state index contributed by atoms with van der Waals surface area (Å²) < 4.78 is 0. The highest BCUT2D eigenvalue weighted by Gasteiger charge is 2.30. The molecule has 3 heterocycles. The highest BCUT2D eigenvalue weighted by atomic mass is 32.1. The van der Waals surface area contributed by atoms with Crippen LogP contribution in [0.3, 0.4) is 0 Å². The average Bonchev–Trinajstić information content (AvgIpc) is 3.02. The van der Waals surface area contributed by atoms with Crippen LogP contribution in [0.2, 0.25) is 0 Å². The first-order valence-electron chi connectivity index (χ1n) is 7.07. The third-order valence-electron chi connectivity index (χ3n) is 4.15. The second-order valence-electron chi connectivity index (χ2n) is 5.31. The van der Waals surface area contributed by atoms with Crippen LogP contribution < -0.4 is 9.80 Å². The molecule has 2 aliphatic heterocycles. The van der Waals surface area contributed by atoms with E-state index in [1.807, 2.05) is 22.4 Å². The highest BCUT2D eigenvalue weighted by Crippen LogP contribution is 2.40. The van der Waals surface area contributed by atoms with Gasteiger partial charge in [0.1, 0.15) is 0 Å². The minimum atomic E-state index is 0.138. The molecular formula is C16H16N2OS. The van der Waals surface area contributed by atoms with Gasteiger partial charge in [-0.3, -0.25) is 4.79 Å². The van der Waals surface area contributed by atoms with E-state index in [2.05, 4.69) is 23.1 Å². The average molecular weight is 284 g/mol. The molecule has 0 bridgehead atoms. The largest absolute Gasteiger partial charge is 0.368 e. The summed E-state index contributed by atoms with van der Waals surface area (Å²) in [5.41, 5.74) is 3.76. The molecule has 0 atom stereocenters. The van der Waals surface area contributed by atoms with Crippen LogP contribution in [-0.2, 0) is 6.42 Å². The summed E-state index contributed by atoms with van der Waals surface area (Å²) in [7, 11) is 0. The molecule has 3 nitrogen and oxygen atoms in total. The van der Waals surface area contributed by atoms with Crippen LogP contribution in [-0.4, -0.2) is 25.5 Å². The van der Waals surface area contributed by atoms with E-state index in [0.29, 0.717) is 0 Å². The molecule has 0 saturated heterocycles. The minimum Gasteiger partial charge on any atom is -0.368 e. The quantitative estimate of drug-likeness (QED) is 0.803. The van der Waals surface area contributed by atoms with Crippen molar-refractivity contribution in [2.24, 2.45) is 0 Å². The van der Waals surface area contributed by atoms with Crippen molar-refractivity contribution in [2.75, 3.05) is 29.4 Å². The number of benzene rings is 1. The van der Waals surface area contributed by atoms with Gasteiger partial charge in [-0.2, -0.15) is 0 Å². The number of para-hydroxylation sites is 1. The molecule has 0 saturated carbocycles. The Hall–Kier alpha value is -1.81. The standard InChI is InChI=1S/C16H16N2OS/c19-16(14-7-3-11-20-14)18-10-9-17-8-2-5-12-4-1-6-13(18)15(12)17/h1,3-4,6-7,11H,2,5,8-10H2. The number of aryl methyl sites for hydroxylation is 1. The number of anilines is 2. The van der Waals surface area contributed by atoms with Gasteiger partial charge in [0.2, 0.25) is 0 Å². The van der Waals surface area contributed by atoms with E-state index in [1.165, 1.54) is 29.0 Å². The lowest BCUT2D eigenvalue weighted by Gasteiger charge is -2.41. The van der Waals surface area contributed by atoms with Gasteiger partial charge >= 0.3 is 0 Å². The fourth-order valence-corrected chi connectivity index (χ4v) is 3.92. The Balaban J connectivity index is 1.79.